The minimum Gasteiger partial charge on any atom is -0.490 e. The van der Waals surface area contributed by atoms with Gasteiger partial charge in [-0.15, -0.1) is 0 Å². The zero-order valence-corrected chi connectivity index (χ0v) is 18.8. The number of nitrogens with one attached hydrogen (secondary N) is 2. The van der Waals surface area contributed by atoms with E-state index in [1.165, 1.54) is 11.1 Å². The first kappa shape index (κ1) is 22.5. The highest BCUT2D eigenvalue weighted by atomic mass is 35.5. The van der Waals surface area contributed by atoms with Gasteiger partial charge < -0.3 is 20.1 Å². The topological polar surface area (TPSA) is 59.6 Å². The van der Waals surface area contributed by atoms with Crippen molar-refractivity contribution in [1.82, 2.24) is 0 Å². The average Bonchev–Trinajstić information content (AvgIpc) is 2.76. The molecular weight excluding hydrogens is 412 g/mol. The Morgan fingerprint density at radius 1 is 0.935 bits per heavy atom. The summed E-state index contributed by atoms with van der Waals surface area (Å²) in [7, 11) is 0. The Morgan fingerprint density at radius 3 is 2.48 bits per heavy atom. The Kier molecular flexibility index (Phi) is 7.79. The van der Waals surface area contributed by atoms with E-state index in [-0.39, 0.29) is 12.5 Å². The van der Waals surface area contributed by atoms with Crippen LogP contribution >= 0.6 is 11.6 Å². The number of para-hydroxylation sites is 1. The highest BCUT2D eigenvalue weighted by molar-refractivity contribution is 6.33. The number of carbonyl (C=O) groups excluding carboxylic acids is 1. The number of rotatable bonds is 9. The number of anilines is 2. The van der Waals surface area contributed by atoms with Gasteiger partial charge in [0.05, 0.1) is 17.3 Å². The van der Waals surface area contributed by atoms with Crippen LogP contribution in [0.1, 0.15) is 23.6 Å². The third-order valence-corrected chi connectivity index (χ3v) is 5.15. The standard InChI is InChI=1S/C25H27ClN2O3/c1-4-30-24-14-19(15-27-20-11-9-17(2)18(3)13-20)10-12-23(24)31-16-25(29)28-22-8-6-5-7-21(22)26/h5-14,27H,4,15-16H2,1-3H3,(H,28,29). The number of hydrogen-bond acceptors (Lipinski definition) is 4. The van der Waals surface area contributed by atoms with Crippen molar-refractivity contribution in [2.24, 2.45) is 0 Å². The van der Waals surface area contributed by atoms with E-state index in [0.29, 0.717) is 35.4 Å². The van der Waals surface area contributed by atoms with Crippen LogP contribution in [0.2, 0.25) is 5.02 Å². The molecule has 0 aliphatic carbocycles. The van der Waals surface area contributed by atoms with Crippen LogP contribution in [0.5, 0.6) is 11.5 Å². The van der Waals surface area contributed by atoms with Crippen LogP contribution in [-0.4, -0.2) is 19.1 Å². The predicted molar refractivity (Wildman–Crippen MR) is 126 cm³/mol. The van der Waals surface area contributed by atoms with Crippen LogP contribution in [0.4, 0.5) is 11.4 Å². The summed E-state index contributed by atoms with van der Waals surface area (Å²) >= 11 is 6.08. The van der Waals surface area contributed by atoms with Gasteiger partial charge in [0.2, 0.25) is 0 Å². The van der Waals surface area contributed by atoms with Crippen molar-refractivity contribution in [1.29, 1.82) is 0 Å². The fourth-order valence-corrected chi connectivity index (χ4v) is 3.18. The van der Waals surface area contributed by atoms with E-state index in [1.807, 2.05) is 25.1 Å². The van der Waals surface area contributed by atoms with E-state index in [4.69, 9.17) is 21.1 Å². The maximum atomic E-state index is 12.2. The van der Waals surface area contributed by atoms with E-state index < -0.39 is 0 Å². The number of ether oxygens (including phenoxy) is 2. The largest absolute Gasteiger partial charge is 0.490 e. The van der Waals surface area contributed by atoms with Crippen molar-refractivity contribution in [3.8, 4) is 11.5 Å². The van der Waals surface area contributed by atoms with Crippen molar-refractivity contribution >= 4 is 28.9 Å². The zero-order chi connectivity index (χ0) is 22.2. The molecule has 0 unspecified atom stereocenters. The first-order valence-corrected chi connectivity index (χ1v) is 10.6. The lowest BCUT2D eigenvalue weighted by Gasteiger charge is -2.14. The smallest absolute Gasteiger partial charge is 0.262 e. The fraction of sp³-hybridized carbons (Fsp3) is 0.240. The van der Waals surface area contributed by atoms with Crippen LogP contribution in [0.15, 0.2) is 60.7 Å². The molecule has 0 radical (unpaired) electrons. The minimum atomic E-state index is -0.295. The highest BCUT2D eigenvalue weighted by Gasteiger charge is 2.11. The van der Waals surface area contributed by atoms with Crippen molar-refractivity contribution < 1.29 is 14.3 Å². The van der Waals surface area contributed by atoms with Gasteiger partial charge in [-0.25, -0.2) is 0 Å². The number of carbonyl (C=O) groups is 1. The second kappa shape index (κ2) is 10.7. The summed E-state index contributed by atoms with van der Waals surface area (Å²) in [5.74, 6) is 0.828. The van der Waals surface area contributed by atoms with Gasteiger partial charge in [0.25, 0.3) is 5.91 Å². The number of benzene rings is 3. The number of hydrogen-bond donors (Lipinski definition) is 2. The summed E-state index contributed by atoms with van der Waals surface area (Å²) in [6.45, 7) is 7.11. The molecule has 31 heavy (non-hydrogen) atoms. The lowest BCUT2D eigenvalue weighted by molar-refractivity contribution is -0.118. The first-order chi connectivity index (χ1) is 15.0. The molecule has 0 heterocycles. The molecule has 5 nitrogen and oxygen atoms in total. The summed E-state index contributed by atoms with van der Waals surface area (Å²) < 4.78 is 11.4. The van der Waals surface area contributed by atoms with E-state index in [1.54, 1.807) is 24.3 Å². The van der Waals surface area contributed by atoms with Gasteiger partial charge in [-0.1, -0.05) is 35.9 Å². The molecule has 3 aromatic carbocycles. The van der Waals surface area contributed by atoms with Gasteiger partial charge in [0, 0.05) is 12.2 Å². The van der Waals surface area contributed by atoms with Crippen LogP contribution in [0.25, 0.3) is 0 Å². The van der Waals surface area contributed by atoms with E-state index in [2.05, 4.69) is 42.7 Å². The maximum absolute atomic E-state index is 12.2. The lowest BCUT2D eigenvalue weighted by Crippen LogP contribution is -2.20. The molecule has 0 saturated heterocycles. The Hall–Kier alpha value is -3.18. The second-order valence-electron chi connectivity index (χ2n) is 7.18. The second-order valence-corrected chi connectivity index (χ2v) is 7.59. The predicted octanol–water partition coefficient (Wildman–Crippen LogP) is 5.99. The molecule has 0 aliphatic heterocycles. The molecule has 0 spiro atoms. The van der Waals surface area contributed by atoms with Crippen molar-refractivity contribution in [2.75, 3.05) is 23.8 Å². The van der Waals surface area contributed by atoms with Gasteiger partial charge in [-0.2, -0.15) is 0 Å². The SMILES string of the molecule is CCOc1cc(CNc2ccc(C)c(C)c2)ccc1OCC(=O)Nc1ccccc1Cl. The monoisotopic (exact) mass is 438 g/mol. The van der Waals surface area contributed by atoms with Gasteiger partial charge in [-0.3, -0.25) is 4.79 Å². The van der Waals surface area contributed by atoms with Gasteiger partial charge in [-0.05, 0) is 73.9 Å². The van der Waals surface area contributed by atoms with Crippen molar-refractivity contribution in [3.05, 3.63) is 82.4 Å². The molecule has 0 aliphatic rings. The quantitative estimate of drug-likeness (QED) is 0.431. The number of amides is 1. The molecule has 0 fully saturated rings. The van der Waals surface area contributed by atoms with Crippen LogP contribution < -0.4 is 20.1 Å². The van der Waals surface area contributed by atoms with Gasteiger partial charge in [0.15, 0.2) is 18.1 Å². The number of aryl methyl sites for hydroxylation is 2. The third kappa shape index (κ3) is 6.40. The van der Waals surface area contributed by atoms with Gasteiger partial charge in [0.1, 0.15) is 0 Å². The highest BCUT2D eigenvalue weighted by Crippen LogP contribution is 2.29. The van der Waals surface area contributed by atoms with Crippen LogP contribution in [0, 0.1) is 13.8 Å². The molecule has 0 bridgehead atoms. The molecule has 3 aromatic rings. The lowest BCUT2D eigenvalue weighted by atomic mass is 10.1. The summed E-state index contributed by atoms with van der Waals surface area (Å²) in [6, 6.07) is 19.1. The molecule has 162 valence electrons. The normalized spacial score (nSPS) is 10.5. The molecule has 0 saturated carbocycles. The van der Waals surface area contributed by atoms with E-state index >= 15 is 0 Å². The summed E-state index contributed by atoms with van der Waals surface area (Å²) in [6.07, 6.45) is 0. The van der Waals surface area contributed by atoms with Crippen LogP contribution in [0.3, 0.4) is 0 Å². The van der Waals surface area contributed by atoms with Gasteiger partial charge >= 0.3 is 0 Å². The summed E-state index contributed by atoms with van der Waals surface area (Å²) in [4.78, 5) is 12.2. The first-order valence-electron chi connectivity index (χ1n) is 10.2. The molecule has 0 atom stereocenters. The van der Waals surface area contributed by atoms with E-state index in [0.717, 1.165) is 11.3 Å². The zero-order valence-electron chi connectivity index (χ0n) is 18.0. The molecule has 0 aromatic heterocycles. The average molecular weight is 439 g/mol. The molecule has 6 heteroatoms. The van der Waals surface area contributed by atoms with Crippen molar-refractivity contribution in [2.45, 2.75) is 27.3 Å². The molecule has 1 amide bonds. The Labute approximate surface area is 188 Å². The van der Waals surface area contributed by atoms with Crippen molar-refractivity contribution in [3.63, 3.8) is 0 Å². The Morgan fingerprint density at radius 2 is 1.74 bits per heavy atom. The molecular formula is C25H27ClN2O3. The number of halogens is 1. The Balaban J connectivity index is 1.62. The van der Waals surface area contributed by atoms with E-state index in [9.17, 15) is 4.79 Å². The summed E-state index contributed by atoms with van der Waals surface area (Å²) in [5, 5.41) is 6.65. The maximum Gasteiger partial charge on any atom is 0.262 e. The minimum absolute atomic E-state index is 0.147. The Bertz CT molecular complexity index is 1050. The molecule has 2 N–H and O–H groups in total. The summed E-state index contributed by atoms with van der Waals surface area (Å²) in [5.41, 5.74) is 5.19. The third-order valence-electron chi connectivity index (χ3n) is 4.82. The van der Waals surface area contributed by atoms with Crippen LogP contribution in [-0.2, 0) is 11.3 Å². The molecule has 3 rings (SSSR count). The fourth-order valence-electron chi connectivity index (χ4n) is 3.00.